The molecule has 5 nitrogen and oxygen atoms in total. The highest BCUT2D eigenvalue weighted by molar-refractivity contribution is 6.31. The molecule has 1 fully saturated rings. The average Bonchev–Trinajstić information content (AvgIpc) is 2.99. The van der Waals surface area contributed by atoms with Crippen LogP contribution in [0.5, 0.6) is 0 Å². The highest BCUT2D eigenvalue weighted by Gasteiger charge is 2.50. The summed E-state index contributed by atoms with van der Waals surface area (Å²) in [6.45, 7) is 4.33. The second kappa shape index (κ2) is 9.01. The summed E-state index contributed by atoms with van der Waals surface area (Å²) in [7, 11) is 1.86. The number of likely N-dealkylation sites (tertiary alicyclic amines) is 1. The van der Waals surface area contributed by atoms with Crippen molar-refractivity contribution in [2.45, 2.75) is 31.6 Å². The number of esters is 1. The fourth-order valence-electron chi connectivity index (χ4n) is 5.04. The van der Waals surface area contributed by atoms with Gasteiger partial charge in [-0.05, 0) is 62.5 Å². The van der Waals surface area contributed by atoms with Crippen LogP contribution in [0.2, 0.25) is 5.02 Å². The number of benzene rings is 2. The van der Waals surface area contributed by atoms with Crippen molar-refractivity contribution < 1.29 is 14.3 Å². The SMILES string of the molecule is CCOC(=O)C(Cc1ccccc1Cl)CN1CCC2(CC1)C(=O)N(C)c1ccccc12. The van der Waals surface area contributed by atoms with E-state index in [0.29, 0.717) is 24.6 Å². The lowest BCUT2D eigenvalue weighted by atomic mass is 9.73. The molecule has 2 aliphatic rings. The fraction of sp³-hybridized carbons (Fsp3) is 0.440. The van der Waals surface area contributed by atoms with Crippen LogP contribution < -0.4 is 4.90 Å². The van der Waals surface area contributed by atoms with Gasteiger partial charge in [0.2, 0.25) is 5.91 Å². The number of carbonyl (C=O) groups is 2. The lowest BCUT2D eigenvalue weighted by Gasteiger charge is -2.39. The van der Waals surface area contributed by atoms with E-state index in [4.69, 9.17) is 16.3 Å². The van der Waals surface area contributed by atoms with Gasteiger partial charge in [0.1, 0.15) is 0 Å². The Kier molecular flexibility index (Phi) is 6.35. The predicted molar refractivity (Wildman–Crippen MR) is 122 cm³/mol. The van der Waals surface area contributed by atoms with Crippen LogP contribution in [0.15, 0.2) is 48.5 Å². The standard InChI is InChI=1S/C25H29ClN2O3/c1-3-31-23(29)19(16-18-8-4-6-10-21(18)26)17-28-14-12-25(13-15-28)20-9-5-7-11-22(20)27(2)24(25)30/h4-11,19H,3,12-17H2,1-2H3. The molecule has 1 atom stereocenters. The number of anilines is 1. The van der Waals surface area contributed by atoms with Gasteiger partial charge in [0.25, 0.3) is 0 Å². The molecule has 6 heteroatoms. The Morgan fingerprint density at radius 3 is 2.52 bits per heavy atom. The first-order valence-corrected chi connectivity index (χ1v) is 11.3. The summed E-state index contributed by atoms with van der Waals surface area (Å²) in [5.41, 5.74) is 2.67. The lowest BCUT2D eigenvalue weighted by Crippen LogP contribution is -2.49. The van der Waals surface area contributed by atoms with Gasteiger partial charge in [-0.3, -0.25) is 9.59 Å². The molecule has 1 saturated heterocycles. The molecular formula is C25H29ClN2O3. The maximum Gasteiger partial charge on any atom is 0.310 e. The molecular weight excluding hydrogens is 412 g/mol. The smallest absolute Gasteiger partial charge is 0.310 e. The molecule has 2 heterocycles. The Bertz CT molecular complexity index is 969. The Balaban J connectivity index is 1.48. The van der Waals surface area contributed by atoms with E-state index >= 15 is 0 Å². The number of likely N-dealkylation sites (N-methyl/N-ethyl adjacent to an activating group) is 1. The molecule has 1 amide bonds. The topological polar surface area (TPSA) is 49.9 Å². The van der Waals surface area contributed by atoms with Crippen molar-refractivity contribution in [1.82, 2.24) is 4.90 Å². The van der Waals surface area contributed by atoms with Crippen LogP contribution in [-0.2, 0) is 26.2 Å². The monoisotopic (exact) mass is 440 g/mol. The number of ether oxygens (including phenoxy) is 1. The third kappa shape index (κ3) is 4.09. The molecule has 4 rings (SSSR count). The molecule has 2 aromatic rings. The third-order valence-corrected chi connectivity index (χ3v) is 7.10. The first kappa shape index (κ1) is 21.8. The van der Waals surface area contributed by atoms with Gasteiger partial charge >= 0.3 is 5.97 Å². The summed E-state index contributed by atoms with van der Waals surface area (Å²) in [6, 6.07) is 15.7. The second-order valence-corrected chi connectivity index (χ2v) is 8.92. The van der Waals surface area contributed by atoms with Gasteiger partial charge < -0.3 is 14.5 Å². The molecule has 0 aromatic heterocycles. The van der Waals surface area contributed by atoms with Crippen molar-refractivity contribution in [3.63, 3.8) is 0 Å². The van der Waals surface area contributed by atoms with E-state index in [1.54, 1.807) is 4.90 Å². The summed E-state index contributed by atoms with van der Waals surface area (Å²) in [5.74, 6) is -0.292. The summed E-state index contributed by atoms with van der Waals surface area (Å²) < 4.78 is 5.36. The molecule has 2 aliphatic heterocycles. The van der Waals surface area contributed by atoms with Gasteiger partial charge in [-0.15, -0.1) is 0 Å². The number of rotatable bonds is 6. The number of hydrogen-bond acceptors (Lipinski definition) is 4. The quantitative estimate of drug-likeness (QED) is 0.635. The van der Waals surface area contributed by atoms with Gasteiger partial charge in [-0.2, -0.15) is 0 Å². The Morgan fingerprint density at radius 1 is 1.13 bits per heavy atom. The summed E-state index contributed by atoms with van der Waals surface area (Å²) >= 11 is 6.34. The van der Waals surface area contributed by atoms with Crippen LogP contribution in [0.1, 0.15) is 30.9 Å². The molecule has 0 bridgehead atoms. The number of amides is 1. The molecule has 0 aliphatic carbocycles. The third-order valence-electron chi connectivity index (χ3n) is 6.73. The van der Waals surface area contributed by atoms with Gasteiger partial charge in [-0.25, -0.2) is 0 Å². The molecule has 164 valence electrons. The number of hydrogen-bond donors (Lipinski definition) is 0. The maximum atomic E-state index is 13.2. The zero-order chi connectivity index (χ0) is 22.0. The van der Waals surface area contributed by atoms with Crippen molar-refractivity contribution in [2.75, 3.05) is 38.2 Å². The number of para-hydroxylation sites is 1. The maximum absolute atomic E-state index is 13.2. The van der Waals surface area contributed by atoms with Crippen molar-refractivity contribution in [3.8, 4) is 0 Å². The molecule has 31 heavy (non-hydrogen) atoms. The van der Waals surface area contributed by atoms with Crippen molar-refractivity contribution in [2.24, 2.45) is 5.92 Å². The first-order chi connectivity index (χ1) is 15.0. The van der Waals surface area contributed by atoms with E-state index in [9.17, 15) is 9.59 Å². The molecule has 1 spiro atoms. The zero-order valence-corrected chi connectivity index (χ0v) is 18.9. The van der Waals surface area contributed by atoms with Crippen LogP contribution in [0.4, 0.5) is 5.69 Å². The highest BCUT2D eigenvalue weighted by Crippen LogP contribution is 2.47. The Morgan fingerprint density at radius 2 is 1.81 bits per heavy atom. The van der Waals surface area contributed by atoms with Crippen LogP contribution >= 0.6 is 11.6 Å². The largest absolute Gasteiger partial charge is 0.466 e. The minimum Gasteiger partial charge on any atom is -0.466 e. The van der Waals surface area contributed by atoms with Gasteiger partial charge in [-0.1, -0.05) is 48.0 Å². The number of nitrogens with zero attached hydrogens (tertiary/aromatic N) is 2. The molecule has 0 saturated carbocycles. The number of halogens is 1. The number of fused-ring (bicyclic) bond motifs is 2. The zero-order valence-electron chi connectivity index (χ0n) is 18.1. The van der Waals surface area contributed by atoms with Crippen molar-refractivity contribution in [1.29, 1.82) is 0 Å². The van der Waals surface area contributed by atoms with Crippen molar-refractivity contribution in [3.05, 3.63) is 64.7 Å². The first-order valence-electron chi connectivity index (χ1n) is 11.0. The Labute approximate surface area is 188 Å². The minimum atomic E-state index is -0.440. The summed E-state index contributed by atoms with van der Waals surface area (Å²) in [5, 5.41) is 0.672. The predicted octanol–water partition coefficient (Wildman–Crippen LogP) is 4.07. The van der Waals surface area contributed by atoms with Crippen molar-refractivity contribution >= 4 is 29.2 Å². The normalized spacial score (nSPS) is 18.8. The summed E-state index contributed by atoms with van der Waals surface area (Å²) in [6.07, 6.45) is 2.06. The van der Waals surface area contributed by atoms with Crippen LogP contribution in [0, 0.1) is 5.92 Å². The second-order valence-electron chi connectivity index (χ2n) is 8.51. The van der Waals surface area contributed by atoms with E-state index in [1.807, 2.05) is 56.4 Å². The van der Waals surface area contributed by atoms with E-state index < -0.39 is 5.41 Å². The van der Waals surface area contributed by atoms with Gasteiger partial charge in [0, 0.05) is 24.3 Å². The molecule has 1 unspecified atom stereocenters. The lowest BCUT2D eigenvalue weighted by molar-refractivity contribution is -0.149. The average molecular weight is 441 g/mol. The molecule has 0 N–H and O–H groups in total. The molecule has 2 aromatic carbocycles. The summed E-state index contributed by atoms with van der Waals surface area (Å²) in [4.78, 5) is 29.9. The van der Waals surface area contributed by atoms with E-state index in [2.05, 4.69) is 11.0 Å². The van der Waals surface area contributed by atoms with Crippen LogP contribution in [-0.4, -0.2) is 50.1 Å². The van der Waals surface area contributed by atoms with E-state index in [1.165, 1.54) is 0 Å². The van der Waals surface area contributed by atoms with E-state index in [-0.39, 0.29) is 17.8 Å². The highest BCUT2D eigenvalue weighted by atomic mass is 35.5. The van der Waals surface area contributed by atoms with E-state index in [0.717, 1.165) is 42.7 Å². The molecule has 0 radical (unpaired) electrons. The number of piperidine rings is 1. The van der Waals surface area contributed by atoms with Gasteiger partial charge in [0.15, 0.2) is 0 Å². The Hall–Kier alpha value is -2.37. The van der Waals surface area contributed by atoms with Crippen LogP contribution in [0.25, 0.3) is 0 Å². The van der Waals surface area contributed by atoms with Gasteiger partial charge in [0.05, 0.1) is 17.9 Å². The number of carbonyl (C=O) groups excluding carboxylic acids is 2. The fourth-order valence-corrected chi connectivity index (χ4v) is 5.25. The van der Waals surface area contributed by atoms with Crippen LogP contribution in [0.3, 0.4) is 0 Å². The minimum absolute atomic E-state index is 0.186.